The van der Waals surface area contributed by atoms with E-state index in [-0.39, 0.29) is 25.5 Å². The van der Waals surface area contributed by atoms with Crippen molar-refractivity contribution in [2.24, 2.45) is 0 Å². The zero-order valence-electron chi connectivity index (χ0n) is 17.6. The number of amides is 2. The van der Waals surface area contributed by atoms with Gasteiger partial charge in [-0.1, -0.05) is 38.1 Å². The number of ether oxygens (including phenoxy) is 2. The van der Waals surface area contributed by atoms with Crippen LogP contribution in [0.4, 0.5) is 5.69 Å². The van der Waals surface area contributed by atoms with Crippen molar-refractivity contribution < 1.29 is 23.9 Å². The highest BCUT2D eigenvalue weighted by Gasteiger charge is 2.13. The number of methoxy groups -OCH3 is 1. The lowest BCUT2D eigenvalue weighted by atomic mass is 9.99. The van der Waals surface area contributed by atoms with E-state index in [9.17, 15) is 14.4 Å². The van der Waals surface area contributed by atoms with Crippen LogP contribution in [0.3, 0.4) is 0 Å². The number of carbonyl (C=O) groups excluding carboxylic acids is 3. The predicted octanol–water partition coefficient (Wildman–Crippen LogP) is 3.51. The first-order valence-electron chi connectivity index (χ1n) is 9.91. The number of carbonyl (C=O) groups is 3. The Labute approximate surface area is 176 Å². The summed E-state index contributed by atoms with van der Waals surface area (Å²) in [5.41, 5.74) is 2.23. The summed E-state index contributed by atoms with van der Waals surface area (Å²) in [7, 11) is 1.48. The van der Waals surface area contributed by atoms with Gasteiger partial charge in [-0.15, -0.1) is 0 Å². The van der Waals surface area contributed by atoms with Crippen LogP contribution in [0.15, 0.2) is 48.5 Å². The van der Waals surface area contributed by atoms with Gasteiger partial charge in [-0.3, -0.25) is 14.4 Å². The maximum atomic E-state index is 12.2. The number of hydrogen-bond donors (Lipinski definition) is 2. The molecule has 7 nitrogen and oxygen atoms in total. The van der Waals surface area contributed by atoms with Crippen LogP contribution in [-0.4, -0.2) is 38.0 Å². The van der Waals surface area contributed by atoms with E-state index in [0.29, 0.717) is 22.9 Å². The molecule has 0 radical (unpaired) electrons. The zero-order chi connectivity index (χ0) is 21.9. The molecule has 0 aromatic heterocycles. The van der Waals surface area contributed by atoms with E-state index in [1.165, 1.54) is 12.7 Å². The van der Waals surface area contributed by atoms with E-state index >= 15 is 0 Å². The van der Waals surface area contributed by atoms with E-state index in [4.69, 9.17) is 9.47 Å². The molecule has 0 aliphatic carbocycles. The summed E-state index contributed by atoms with van der Waals surface area (Å²) in [6.45, 7) is 3.98. The summed E-state index contributed by atoms with van der Waals surface area (Å²) in [5, 5.41) is 5.32. The first-order chi connectivity index (χ1) is 14.4. The van der Waals surface area contributed by atoms with Gasteiger partial charge >= 0.3 is 5.97 Å². The van der Waals surface area contributed by atoms with Gasteiger partial charge in [0.2, 0.25) is 0 Å². The average molecular weight is 412 g/mol. The molecule has 2 N–H and O–H groups in total. The van der Waals surface area contributed by atoms with Crippen molar-refractivity contribution in [3.63, 3.8) is 0 Å². The van der Waals surface area contributed by atoms with Crippen molar-refractivity contribution in [3.05, 3.63) is 59.7 Å². The highest BCUT2D eigenvalue weighted by Crippen LogP contribution is 2.20. The predicted molar refractivity (Wildman–Crippen MR) is 115 cm³/mol. The molecule has 2 aromatic carbocycles. The van der Waals surface area contributed by atoms with Crippen LogP contribution in [-0.2, 0) is 14.3 Å². The molecule has 0 spiro atoms. The van der Waals surface area contributed by atoms with Crippen molar-refractivity contribution in [3.8, 4) is 5.75 Å². The lowest BCUT2D eigenvalue weighted by Gasteiger charge is -2.11. The highest BCUT2D eigenvalue weighted by molar-refractivity contribution is 5.97. The molecule has 0 aliphatic rings. The molecule has 0 bridgehead atoms. The second-order valence-corrected chi connectivity index (χ2v) is 6.85. The SMILES string of the molecule is CC[C@@H](C)c1ccc(NC(=O)COC(=O)CCNC(=O)c2ccccc2OC)cc1. The molecular formula is C23H28N2O5. The van der Waals surface area contributed by atoms with Crippen molar-refractivity contribution in [1.29, 1.82) is 0 Å². The van der Waals surface area contributed by atoms with E-state index in [2.05, 4.69) is 24.5 Å². The molecule has 30 heavy (non-hydrogen) atoms. The Morgan fingerprint density at radius 2 is 1.73 bits per heavy atom. The van der Waals surface area contributed by atoms with Crippen molar-refractivity contribution in [2.75, 3.05) is 25.6 Å². The molecule has 1 atom stereocenters. The van der Waals surface area contributed by atoms with Crippen molar-refractivity contribution >= 4 is 23.5 Å². The first-order valence-corrected chi connectivity index (χ1v) is 9.91. The third-order valence-electron chi connectivity index (χ3n) is 4.71. The molecule has 0 unspecified atom stereocenters. The second-order valence-electron chi connectivity index (χ2n) is 6.85. The third-order valence-corrected chi connectivity index (χ3v) is 4.71. The summed E-state index contributed by atoms with van der Waals surface area (Å²) in [6.07, 6.45) is 0.999. The van der Waals surface area contributed by atoms with Crippen molar-refractivity contribution in [1.82, 2.24) is 5.32 Å². The highest BCUT2D eigenvalue weighted by atomic mass is 16.5. The molecule has 0 saturated carbocycles. The molecule has 0 heterocycles. The van der Waals surface area contributed by atoms with Crippen LogP contribution >= 0.6 is 0 Å². The van der Waals surface area contributed by atoms with Gasteiger partial charge in [-0.25, -0.2) is 0 Å². The van der Waals surface area contributed by atoms with Gasteiger partial charge in [-0.2, -0.15) is 0 Å². The van der Waals surface area contributed by atoms with Gasteiger partial charge in [-0.05, 0) is 42.2 Å². The summed E-state index contributed by atoms with van der Waals surface area (Å²) in [5.74, 6) is -0.431. The van der Waals surface area contributed by atoms with Crippen molar-refractivity contribution in [2.45, 2.75) is 32.6 Å². The number of para-hydroxylation sites is 1. The molecule has 2 rings (SSSR count). The maximum Gasteiger partial charge on any atom is 0.308 e. The normalized spacial score (nSPS) is 11.3. The monoisotopic (exact) mass is 412 g/mol. The summed E-state index contributed by atoms with van der Waals surface area (Å²) < 4.78 is 10.1. The number of nitrogens with one attached hydrogen (secondary N) is 2. The van der Waals surface area contributed by atoms with E-state index in [1.54, 1.807) is 24.3 Å². The smallest absolute Gasteiger partial charge is 0.308 e. The molecule has 2 aromatic rings. The number of benzene rings is 2. The summed E-state index contributed by atoms with van der Waals surface area (Å²) in [6, 6.07) is 14.4. The molecule has 2 amide bonds. The standard InChI is InChI=1S/C23H28N2O5/c1-4-16(2)17-9-11-18(12-10-17)25-21(26)15-30-22(27)13-14-24-23(28)19-7-5-6-8-20(19)29-3/h5-12,16H,4,13-15H2,1-3H3,(H,24,28)(H,25,26)/t16-/m1/s1. The fourth-order valence-electron chi connectivity index (χ4n) is 2.75. The molecule has 0 aliphatic heterocycles. The average Bonchev–Trinajstić information content (AvgIpc) is 2.77. The Bertz CT molecular complexity index is 864. The Morgan fingerprint density at radius 3 is 2.40 bits per heavy atom. The second kappa shape index (κ2) is 11.6. The summed E-state index contributed by atoms with van der Waals surface area (Å²) >= 11 is 0. The van der Waals surface area contributed by atoms with E-state index in [1.807, 2.05) is 24.3 Å². The van der Waals surface area contributed by atoms with Crippen LogP contribution in [0.5, 0.6) is 5.75 Å². The minimum absolute atomic E-state index is 0.0439. The zero-order valence-corrected chi connectivity index (χ0v) is 17.6. The Balaban J connectivity index is 1.70. The van der Waals surface area contributed by atoms with Crippen LogP contribution in [0.1, 0.15) is 48.5 Å². The van der Waals surface area contributed by atoms with Gasteiger partial charge < -0.3 is 20.1 Å². The number of rotatable bonds is 10. The minimum atomic E-state index is -0.572. The molecule has 0 saturated heterocycles. The minimum Gasteiger partial charge on any atom is -0.496 e. The largest absolute Gasteiger partial charge is 0.496 e. The summed E-state index contributed by atoms with van der Waals surface area (Å²) in [4.78, 5) is 35.9. The fraction of sp³-hybridized carbons (Fsp3) is 0.348. The number of anilines is 1. The number of hydrogen-bond acceptors (Lipinski definition) is 5. The lowest BCUT2D eigenvalue weighted by Crippen LogP contribution is -2.28. The van der Waals surface area contributed by atoms with Gasteiger partial charge in [0.25, 0.3) is 11.8 Å². The fourth-order valence-corrected chi connectivity index (χ4v) is 2.75. The lowest BCUT2D eigenvalue weighted by molar-refractivity contribution is -0.147. The first kappa shape index (κ1) is 22.9. The van der Waals surface area contributed by atoms with Crippen LogP contribution < -0.4 is 15.4 Å². The Morgan fingerprint density at radius 1 is 1.03 bits per heavy atom. The van der Waals surface area contributed by atoms with Crippen LogP contribution in [0.25, 0.3) is 0 Å². The topological polar surface area (TPSA) is 93.7 Å². The van der Waals surface area contributed by atoms with E-state index < -0.39 is 11.9 Å². The van der Waals surface area contributed by atoms with Crippen LogP contribution in [0.2, 0.25) is 0 Å². The maximum absolute atomic E-state index is 12.2. The van der Waals surface area contributed by atoms with Gasteiger partial charge in [0.15, 0.2) is 6.61 Å². The molecular weight excluding hydrogens is 384 g/mol. The van der Waals surface area contributed by atoms with Gasteiger partial charge in [0.05, 0.1) is 19.1 Å². The molecule has 160 valence electrons. The quantitative estimate of drug-likeness (QED) is 0.583. The molecule has 0 fully saturated rings. The van der Waals surface area contributed by atoms with Gasteiger partial charge in [0, 0.05) is 12.2 Å². The van der Waals surface area contributed by atoms with Crippen LogP contribution in [0, 0.1) is 0 Å². The van der Waals surface area contributed by atoms with Gasteiger partial charge in [0.1, 0.15) is 5.75 Å². The number of esters is 1. The Hall–Kier alpha value is -3.35. The Kier molecular flexibility index (Phi) is 8.87. The molecule has 7 heteroatoms. The third kappa shape index (κ3) is 6.92. The van der Waals surface area contributed by atoms with E-state index in [0.717, 1.165) is 6.42 Å².